The minimum Gasteiger partial charge on any atom is -0.493 e. The number of rotatable bonds is 7. The molecule has 0 heterocycles. The van der Waals surface area contributed by atoms with E-state index in [1.165, 1.54) is 0 Å². The normalized spacial score (nSPS) is 10.6. The van der Waals surface area contributed by atoms with Crippen molar-refractivity contribution in [2.24, 2.45) is 0 Å². The van der Waals surface area contributed by atoms with Crippen LogP contribution in [0.5, 0.6) is 11.5 Å². The molecule has 146 valence electrons. The highest BCUT2D eigenvalue weighted by molar-refractivity contribution is 9.10. The molecule has 28 heavy (non-hydrogen) atoms. The Bertz CT molecular complexity index is 961. The zero-order valence-electron chi connectivity index (χ0n) is 15.6. The van der Waals surface area contributed by atoms with Crippen LogP contribution in [0, 0.1) is 6.92 Å². The van der Waals surface area contributed by atoms with E-state index < -0.39 is 0 Å². The number of hydrogen-bond acceptors (Lipinski definition) is 3. The summed E-state index contributed by atoms with van der Waals surface area (Å²) in [4.78, 5) is 0. The van der Waals surface area contributed by atoms with Crippen molar-refractivity contribution in [2.45, 2.75) is 20.1 Å². The lowest BCUT2D eigenvalue weighted by atomic mass is 10.1. The van der Waals surface area contributed by atoms with E-state index in [1.54, 1.807) is 7.11 Å². The van der Waals surface area contributed by atoms with Gasteiger partial charge < -0.3 is 14.8 Å². The van der Waals surface area contributed by atoms with Crippen LogP contribution in [0.2, 0.25) is 10.0 Å². The van der Waals surface area contributed by atoms with Crippen LogP contribution >= 0.6 is 39.1 Å². The molecule has 3 rings (SSSR count). The molecule has 0 amide bonds. The number of aryl methyl sites for hydroxylation is 1. The molecular formula is C22H20BrCl2NO2. The van der Waals surface area contributed by atoms with Crippen molar-refractivity contribution >= 4 is 44.8 Å². The summed E-state index contributed by atoms with van der Waals surface area (Å²) in [6.45, 7) is 3.06. The fourth-order valence-corrected chi connectivity index (χ4v) is 3.66. The Morgan fingerprint density at radius 1 is 0.964 bits per heavy atom. The molecule has 0 aliphatic rings. The van der Waals surface area contributed by atoms with Gasteiger partial charge in [-0.3, -0.25) is 0 Å². The van der Waals surface area contributed by atoms with Gasteiger partial charge in [-0.05, 0) is 66.1 Å². The summed E-state index contributed by atoms with van der Waals surface area (Å²) in [5, 5.41) is 4.63. The van der Waals surface area contributed by atoms with E-state index in [0.29, 0.717) is 34.7 Å². The molecule has 0 unspecified atom stereocenters. The summed E-state index contributed by atoms with van der Waals surface area (Å²) in [7, 11) is 1.61. The van der Waals surface area contributed by atoms with Gasteiger partial charge in [0, 0.05) is 21.7 Å². The minimum absolute atomic E-state index is 0.378. The summed E-state index contributed by atoms with van der Waals surface area (Å²) < 4.78 is 12.5. The van der Waals surface area contributed by atoms with Gasteiger partial charge in [-0.2, -0.15) is 0 Å². The van der Waals surface area contributed by atoms with Gasteiger partial charge >= 0.3 is 0 Å². The molecule has 0 saturated heterocycles. The summed E-state index contributed by atoms with van der Waals surface area (Å²) in [6, 6.07) is 17.5. The first-order chi connectivity index (χ1) is 13.5. The van der Waals surface area contributed by atoms with E-state index in [0.717, 1.165) is 26.9 Å². The van der Waals surface area contributed by atoms with Crippen LogP contribution in [0.25, 0.3) is 0 Å². The number of benzene rings is 3. The van der Waals surface area contributed by atoms with E-state index in [1.807, 2.05) is 48.5 Å². The SMILES string of the molecule is COc1cc(CNc2ccc(Br)cc2C)cc(Cl)c1OCc1ccc(Cl)cc1. The van der Waals surface area contributed by atoms with Gasteiger partial charge in [0.25, 0.3) is 0 Å². The van der Waals surface area contributed by atoms with Crippen LogP contribution in [0.15, 0.2) is 59.1 Å². The predicted molar refractivity (Wildman–Crippen MR) is 120 cm³/mol. The first-order valence-electron chi connectivity index (χ1n) is 8.70. The van der Waals surface area contributed by atoms with Crippen LogP contribution in [-0.4, -0.2) is 7.11 Å². The molecule has 0 aliphatic carbocycles. The van der Waals surface area contributed by atoms with Crippen molar-refractivity contribution in [1.29, 1.82) is 0 Å². The van der Waals surface area contributed by atoms with Gasteiger partial charge in [0.1, 0.15) is 6.61 Å². The summed E-state index contributed by atoms with van der Waals surface area (Å²) in [6.07, 6.45) is 0. The highest BCUT2D eigenvalue weighted by Gasteiger charge is 2.13. The molecule has 3 aromatic rings. The monoisotopic (exact) mass is 479 g/mol. The zero-order valence-corrected chi connectivity index (χ0v) is 18.7. The second-order valence-electron chi connectivity index (χ2n) is 6.34. The highest BCUT2D eigenvalue weighted by atomic mass is 79.9. The maximum atomic E-state index is 6.48. The molecule has 0 radical (unpaired) electrons. The molecule has 0 aliphatic heterocycles. The summed E-state index contributed by atoms with van der Waals surface area (Å²) >= 11 is 15.9. The van der Waals surface area contributed by atoms with E-state index in [2.05, 4.69) is 34.2 Å². The molecule has 0 spiro atoms. The molecule has 0 atom stereocenters. The van der Waals surface area contributed by atoms with Crippen molar-refractivity contribution in [2.75, 3.05) is 12.4 Å². The highest BCUT2D eigenvalue weighted by Crippen LogP contribution is 2.37. The third-order valence-corrected chi connectivity index (χ3v) is 5.28. The molecule has 1 N–H and O–H groups in total. The Balaban J connectivity index is 1.72. The molecule has 3 aromatic carbocycles. The topological polar surface area (TPSA) is 30.5 Å². The third kappa shape index (κ3) is 5.34. The zero-order chi connectivity index (χ0) is 20.1. The van der Waals surface area contributed by atoms with Crippen LogP contribution < -0.4 is 14.8 Å². The number of hydrogen-bond donors (Lipinski definition) is 1. The average Bonchev–Trinajstić information content (AvgIpc) is 2.67. The molecule has 3 nitrogen and oxygen atoms in total. The second kappa shape index (κ2) is 9.55. The predicted octanol–water partition coefficient (Wildman–Crippen LogP) is 7.26. The Hall–Kier alpha value is -1.88. The largest absolute Gasteiger partial charge is 0.493 e. The molecule has 0 bridgehead atoms. The lowest BCUT2D eigenvalue weighted by Crippen LogP contribution is -2.03. The average molecular weight is 481 g/mol. The summed E-state index contributed by atoms with van der Waals surface area (Å²) in [5.74, 6) is 1.13. The van der Waals surface area contributed by atoms with E-state index in [4.69, 9.17) is 32.7 Å². The lowest BCUT2D eigenvalue weighted by Gasteiger charge is -2.15. The Morgan fingerprint density at radius 2 is 1.71 bits per heavy atom. The van der Waals surface area contributed by atoms with Crippen LogP contribution in [0.1, 0.15) is 16.7 Å². The van der Waals surface area contributed by atoms with Crippen LogP contribution in [-0.2, 0) is 13.2 Å². The van der Waals surface area contributed by atoms with Crippen molar-refractivity contribution in [1.82, 2.24) is 0 Å². The molecular weight excluding hydrogens is 461 g/mol. The van der Waals surface area contributed by atoms with Crippen molar-refractivity contribution in [3.8, 4) is 11.5 Å². The Labute approximate surface area is 183 Å². The number of nitrogens with one attached hydrogen (secondary N) is 1. The van der Waals surface area contributed by atoms with E-state index >= 15 is 0 Å². The van der Waals surface area contributed by atoms with E-state index in [9.17, 15) is 0 Å². The molecule has 0 saturated carbocycles. The molecule has 0 aromatic heterocycles. The third-order valence-electron chi connectivity index (χ3n) is 4.26. The minimum atomic E-state index is 0.378. The van der Waals surface area contributed by atoms with Gasteiger partial charge in [0.2, 0.25) is 0 Å². The van der Waals surface area contributed by atoms with Gasteiger partial charge in [0.15, 0.2) is 11.5 Å². The maximum absolute atomic E-state index is 6.48. The second-order valence-corrected chi connectivity index (χ2v) is 8.10. The van der Waals surface area contributed by atoms with E-state index in [-0.39, 0.29) is 0 Å². The van der Waals surface area contributed by atoms with Gasteiger partial charge in [0.05, 0.1) is 12.1 Å². The lowest BCUT2D eigenvalue weighted by molar-refractivity contribution is 0.284. The summed E-state index contributed by atoms with van der Waals surface area (Å²) in [5.41, 5.74) is 4.23. The smallest absolute Gasteiger partial charge is 0.180 e. The maximum Gasteiger partial charge on any atom is 0.180 e. The number of anilines is 1. The Morgan fingerprint density at radius 3 is 2.39 bits per heavy atom. The van der Waals surface area contributed by atoms with Crippen molar-refractivity contribution in [3.05, 3.63) is 85.8 Å². The van der Waals surface area contributed by atoms with Crippen LogP contribution in [0.3, 0.4) is 0 Å². The first kappa shape index (κ1) is 20.8. The van der Waals surface area contributed by atoms with Crippen molar-refractivity contribution in [3.63, 3.8) is 0 Å². The van der Waals surface area contributed by atoms with Gasteiger partial charge in [-0.1, -0.05) is 51.3 Å². The number of ether oxygens (including phenoxy) is 2. The molecule has 6 heteroatoms. The molecule has 0 fully saturated rings. The Kier molecular flexibility index (Phi) is 7.11. The van der Waals surface area contributed by atoms with Gasteiger partial charge in [-0.25, -0.2) is 0 Å². The quantitative estimate of drug-likeness (QED) is 0.385. The van der Waals surface area contributed by atoms with Crippen molar-refractivity contribution < 1.29 is 9.47 Å². The van der Waals surface area contributed by atoms with Gasteiger partial charge in [-0.15, -0.1) is 0 Å². The first-order valence-corrected chi connectivity index (χ1v) is 10.2. The standard InChI is InChI=1S/C22H20BrCl2NO2/c1-14-9-17(23)5-8-20(14)26-12-16-10-19(25)22(21(11-16)27-2)28-13-15-3-6-18(24)7-4-15/h3-11,26H,12-13H2,1-2H3. The number of halogens is 3. The fraction of sp³-hybridized carbons (Fsp3) is 0.182. The fourth-order valence-electron chi connectivity index (χ4n) is 2.77. The number of methoxy groups -OCH3 is 1. The van der Waals surface area contributed by atoms with Crippen LogP contribution in [0.4, 0.5) is 5.69 Å².